The standard InChI is InChI=1S/C16H16ClFN2O4S/c1-10(16(21)19-13-5-3-4-11(17)8-13)20-25(22,23)15-9-12(18)6-7-14(15)24-2/h3-10,20H,1-2H3,(H,19,21). The summed E-state index contributed by atoms with van der Waals surface area (Å²) in [5, 5.41) is 2.97. The van der Waals surface area contributed by atoms with Crippen LogP contribution < -0.4 is 14.8 Å². The first-order valence-electron chi connectivity index (χ1n) is 7.15. The number of benzene rings is 2. The quantitative estimate of drug-likeness (QED) is 0.799. The van der Waals surface area contributed by atoms with E-state index < -0.39 is 32.7 Å². The van der Waals surface area contributed by atoms with E-state index in [1.165, 1.54) is 26.2 Å². The molecule has 2 rings (SSSR count). The summed E-state index contributed by atoms with van der Waals surface area (Å²) in [4.78, 5) is 11.8. The summed E-state index contributed by atoms with van der Waals surface area (Å²) in [7, 11) is -2.91. The van der Waals surface area contributed by atoms with Crippen molar-refractivity contribution < 1.29 is 22.3 Å². The number of methoxy groups -OCH3 is 1. The molecule has 1 unspecified atom stereocenters. The van der Waals surface area contributed by atoms with E-state index in [1.54, 1.807) is 18.2 Å². The third-order valence-corrected chi connectivity index (χ3v) is 5.03. The van der Waals surface area contributed by atoms with Gasteiger partial charge in [0.15, 0.2) is 0 Å². The smallest absolute Gasteiger partial charge is 0.245 e. The van der Waals surface area contributed by atoms with Crippen LogP contribution in [0.1, 0.15) is 6.92 Å². The molecule has 134 valence electrons. The number of amides is 1. The molecule has 0 heterocycles. The number of hydrogen-bond acceptors (Lipinski definition) is 4. The maximum atomic E-state index is 13.4. The van der Waals surface area contributed by atoms with Gasteiger partial charge in [-0.15, -0.1) is 0 Å². The van der Waals surface area contributed by atoms with Crippen LogP contribution in [0.4, 0.5) is 10.1 Å². The number of carbonyl (C=O) groups is 1. The summed E-state index contributed by atoms with van der Waals surface area (Å²) in [6.45, 7) is 1.36. The van der Waals surface area contributed by atoms with Gasteiger partial charge in [0.05, 0.1) is 13.2 Å². The summed E-state index contributed by atoms with van der Waals surface area (Å²) in [6.07, 6.45) is 0. The Kier molecular flexibility index (Phi) is 5.99. The summed E-state index contributed by atoms with van der Waals surface area (Å²) >= 11 is 5.83. The number of carbonyl (C=O) groups excluding carboxylic acids is 1. The van der Waals surface area contributed by atoms with E-state index in [0.717, 1.165) is 12.1 Å². The number of ether oxygens (including phenoxy) is 1. The summed E-state index contributed by atoms with van der Waals surface area (Å²) < 4.78 is 45.4. The molecule has 2 N–H and O–H groups in total. The highest BCUT2D eigenvalue weighted by molar-refractivity contribution is 7.89. The molecule has 0 aliphatic rings. The van der Waals surface area contributed by atoms with Crippen LogP contribution in [0.15, 0.2) is 47.4 Å². The van der Waals surface area contributed by atoms with Crippen molar-refractivity contribution in [3.05, 3.63) is 53.3 Å². The minimum Gasteiger partial charge on any atom is -0.495 e. The molecular formula is C16H16ClFN2O4S. The zero-order valence-electron chi connectivity index (χ0n) is 13.4. The molecule has 0 fully saturated rings. The monoisotopic (exact) mass is 386 g/mol. The third-order valence-electron chi connectivity index (χ3n) is 3.23. The summed E-state index contributed by atoms with van der Waals surface area (Å²) in [5.41, 5.74) is 0.423. The molecule has 9 heteroatoms. The fraction of sp³-hybridized carbons (Fsp3) is 0.188. The highest BCUT2D eigenvalue weighted by atomic mass is 35.5. The molecule has 0 aliphatic heterocycles. The lowest BCUT2D eigenvalue weighted by Gasteiger charge is -2.16. The zero-order chi connectivity index (χ0) is 18.6. The lowest BCUT2D eigenvalue weighted by molar-refractivity contribution is -0.117. The van der Waals surface area contributed by atoms with Crippen LogP contribution in [0.25, 0.3) is 0 Å². The Hall–Kier alpha value is -2.16. The van der Waals surface area contributed by atoms with Crippen LogP contribution in [0.5, 0.6) is 5.75 Å². The van der Waals surface area contributed by atoms with Crippen molar-refractivity contribution in [2.75, 3.05) is 12.4 Å². The largest absolute Gasteiger partial charge is 0.495 e. The van der Waals surface area contributed by atoms with Gasteiger partial charge in [0, 0.05) is 10.7 Å². The van der Waals surface area contributed by atoms with Crippen molar-refractivity contribution in [3.63, 3.8) is 0 Å². The van der Waals surface area contributed by atoms with Crippen LogP contribution >= 0.6 is 11.6 Å². The number of nitrogens with one attached hydrogen (secondary N) is 2. The Morgan fingerprint density at radius 1 is 1.24 bits per heavy atom. The highest BCUT2D eigenvalue weighted by Crippen LogP contribution is 2.24. The van der Waals surface area contributed by atoms with Gasteiger partial charge >= 0.3 is 0 Å². The van der Waals surface area contributed by atoms with Crippen molar-refractivity contribution in [1.29, 1.82) is 0 Å². The molecule has 6 nitrogen and oxygen atoms in total. The van der Waals surface area contributed by atoms with E-state index in [9.17, 15) is 17.6 Å². The van der Waals surface area contributed by atoms with Crippen LogP contribution in [0, 0.1) is 5.82 Å². The Labute approximate surface area is 150 Å². The second-order valence-electron chi connectivity index (χ2n) is 5.14. The molecule has 0 radical (unpaired) electrons. The highest BCUT2D eigenvalue weighted by Gasteiger charge is 2.25. The van der Waals surface area contributed by atoms with Gasteiger partial charge in [-0.25, -0.2) is 12.8 Å². The van der Waals surface area contributed by atoms with Gasteiger partial charge in [0.25, 0.3) is 0 Å². The first-order valence-corrected chi connectivity index (χ1v) is 9.01. The minimum atomic E-state index is -4.17. The number of halogens is 2. The molecule has 0 bridgehead atoms. The second kappa shape index (κ2) is 7.81. The fourth-order valence-corrected chi connectivity index (χ4v) is 3.60. The van der Waals surface area contributed by atoms with E-state index in [4.69, 9.17) is 16.3 Å². The molecule has 0 spiro atoms. The fourth-order valence-electron chi connectivity index (χ4n) is 2.03. The Morgan fingerprint density at radius 2 is 1.96 bits per heavy atom. The zero-order valence-corrected chi connectivity index (χ0v) is 15.0. The predicted octanol–water partition coefficient (Wildman–Crippen LogP) is 2.79. The van der Waals surface area contributed by atoms with Gasteiger partial charge in [-0.2, -0.15) is 4.72 Å². The maximum absolute atomic E-state index is 13.4. The number of hydrogen-bond donors (Lipinski definition) is 2. The topological polar surface area (TPSA) is 84.5 Å². The normalized spacial score (nSPS) is 12.5. The van der Waals surface area contributed by atoms with Crippen LogP contribution in [0.3, 0.4) is 0 Å². The van der Waals surface area contributed by atoms with Gasteiger partial charge in [-0.05, 0) is 43.3 Å². The van der Waals surface area contributed by atoms with Crippen molar-refractivity contribution in [2.45, 2.75) is 17.9 Å². The van der Waals surface area contributed by atoms with Crippen molar-refractivity contribution in [2.24, 2.45) is 0 Å². The second-order valence-corrected chi connectivity index (χ2v) is 7.26. The first kappa shape index (κ1) is 19.2. The SMILES string of the molecule is COc1ccc(F)cc1S(=O)(=O)NC(C)C(=O)Nc1cccc(Cl)c1. The van der Waals surface area contributed by atoms with Crippen molar-refractivity contribution in [3.8, 4) is 5.75 Å². The molecule has 1 atom stereocenters. The summed E-state index contributed by atoms with van der Waals surface area (Å²) in [6, 6.07) is 8.40. The average molecular weight is 387 g/mol. The minimum absolute atomic E-state index is 0.0312. The van der Waals surface area contributed by atoms with Crippen molar-refractivity contribution in [1.82, 2.24) is 4.72 Å². The van der Waals surface area contributed by atoms with Gasteiger partial charge in [-0.1, -0.05) is 17.7 Å². The molecule has 1 amide bonds. The van der Waals surface area contributed by atoms with Crippen LogP contribution in [-0.4, -0.2) is 27.5 Å². The Morgan fingerprint density at radius 3 is 2.60 bits per heavy atom. The Bertz CT molecular complexity index is 889. The molecule has 25 heavy (non-hydrogen) atoms. The number of rotatable bonds is 6. The van der Waals surface area contributed by atoms with Crippen molar-refractivity contribution >= 4 is 33.2 Å². The van der Waals surface area contributed by atoms with Gasteiger partial charge in [0.2, 0.25) is 15.9 Å². The molecule has 0 saturated carbocycles. The Balaban J connectivity index is 2.17. The lowest BCUT2D eigenvalue weighted by Crippen LogP contribution is -2.41. The molecule has 2 aromatic rings. The van der Waals surface area contributed by atoms with E-state index in [2.05, 4.69) is 10.0 Å². The average Bonchev–Trinajstić information content (AvgIpc) is 2.54. The van der Waals surface area contributed by atoms with E-state index in [1.807, 2.05) is 0 Å². The molecule has 2 aromatic carbocycles. The van der Waals surface area contributed by atoms with E-state index >= 15 is 0 Å². The van der Waals surface area contributed by atoms with Gasteiger partial charge < -0.3 is 10.1 Å². The molecule has 0 aliphatic carbocycles. The number of sulfonamides is 1. The number of anilines is 1. The van der Waals surface area contributed by atoms with E-state index in [0.29, 0.717) is 10.7 Å². The molecule has 0 aromatic heterocycles. The molecular weight excluding hydrogens is 371 g/mol. The molecule has 0 saturated heterocycles. The summed E-state index contributed by atoms with van der Waals surface area (Å²) in [5.74, 6) is -1.37. The van der Waals surface area contributed by atoms with E-state index in [-0.39, 0.29) is 5.75 Å². The van der Waals surface area contributed by atoms with Gasteiger partial charge in [0.1, 0.15) is 16.5 Å². The maximum Gasteiger partial charge on any atom is 0.245 e. The van der Waals surface area contributed by atoms with Crippen LogP contribution in [0.2, 0.25) is 5.02 Å². The predicted molar refractivity (Wildman–Crippen MR) is 92.8 cm³/mol. The third kappa shape index (κ3) is 4.91. The van der Waals surface area contributed by atoms with Gasteiger partial charge in [-0.3, -0.25) is 4.79 Å². The first-order chi connectivity index (χ1) is 11.7. The van der Waals surface area contributed by atoms with Crippen LogP contribution in [-0.2, 0) is 14.8 Å². The lowest BCUT2D eigenvalue weighted by atomic mass is 10.3.